The molecule has 3 aromatic rings. The third-order valence-corrected chi connectivity index (χ3v) is 5.85. The molecule has 9 heteroatoms. The number of carbonyl (C=O) groups is 1. The number of aromatic nitrogens is 2. The minimum absolute atomic E-state index is 0.0118. The predicted octanol–water partition coefficient (Wildman–Crippen LogP) is 4.61. The van der Waals surface area contributed by atoms with Crippen LogP contribution in [0.3, 0.4) is 0 Å². The topological polar surface area (TPSA) is 98.0 Å². The normalized spacial score (nSPS) is 10.6. The van der Waals surface area contributed by atoms with E-state index in [0.29, 0.717) is 9.47 Å². The Bertz CT molecular complexity index is 1000. The fourth-order valence-electron chi connectivity index (χ4n) is 2.40. The van der Waals surface area contributed by atoms with Crippen molar-refractivity contribution in [2.45, 2.75) is 23.9 Å². The van der Waals surface area contributed by atoms with E-state index in [4.69, 9.17) is 0 Å². The Morgan fingerprint density at radius 1 is 1.22 bits per heavy atom. The number of rotatable bonds is 6. The molecule has 0 radical (unpaired) electrons. The van der Waals surface area contributed by atoms with E-state index in [1.807, 2.05) is 0 Å². The van der Waals surface area contributed by atoms with Crippen LogP contribution < -0.4 is 5.32 Å². The van der Waals surface area contributed by atoms with Gasteiger partial charge in [-0.15, -0.1) is 10.2 Å². The van der Waals surface area contributed by atoms with Crippen molar-refractivity contribution in [3.63, 3.8) is 0 Å². The summed E-state index contributed by atoms with van der Waals surface area (Å²) in [5.41, 5.74) is 3.38. The molecule has 0 spiro atoms. The van der Waals surface area contributed by atoms with Crippen LogP contribution in [0.15, 0.2) is 46.8 Å². The maximum Gasteiger partial charge on any atom is 0.282 e. The lowest BCUT2D eigenvalue weighted by Gasteiger charge is -2.05. The zero-order valence-corrected chi connectivity index (χ0v) is 16.3. The molecule has 0 aliphatic heterocycles. The maximum absolute atomic E-state index is 12.3. The van der Waals surface area contributed by atoms with Gasteiger partial charge in [0.25, 0.3) is 11.6 Å². The average molecular weight is 400 g/mol. The number of amides is 1. The lowest BCUT2D eigenvalue weighted by Crippen LogP contribution is -2.13. The number of hydrogen-bond acceptors (Lipinski definition) is 7. The lowest BCUT2D eigenvalue weighted by atomic mass is 10.1. The highest BCUT2D eigenvalue weighted by molar-refractivity contribution is 8.00. The number of hydrogen-bond donors (Lipinski definition) is 1. The second-order valence-electron chi connectivity index (χ2n) is 5.82. The van der Waals surface area contributed by atoms with Crippen LogP contribution in [0.2, 0.25) is 0 Å². The second-order valence-corrected chi connectivity index (χ2v) is 8.02. The molecule has 0 fully saturated rings. The Morgan fingerprint density at radius 3 is 2.78 bits per heavy atom. The van der Waals surface area contributed by atoms with Crippen LogP contribution in [0.4, 0.5) is 10.8 Å². The molecule has 0 aliphatic rings. The molecule has 0 bridgehead atoms. The van der Waals surface area contributed by atoms with Gasteiger partial charge in [-0.25, -0.2) is 0 Å². The molecule has 3 rings (SSSR count). The van der Waals surface area contributed by atoms with Crippen molar-refractivity contribution in [3.05, 3.63) is 74.8 Å². The SMILES string of the molecule is Cc1ccc(C)c(CSc2nnc(NC(=O)c3ccccc3[N+](=O)[O-])s2)c1. The molecular formula is C18H16N4O3S2. The van der Waals surface area contributed by atoms with Crippen LogP contribution in [-0.2, 0) is 5.75 Å². The van der Waals surface area contributed by atoms with E-state index < -0.39 is 10.8 Å². The summed E-state index contributed by atoms with van der Waals surface area (Å²) in [5.74, 6) is 0.171. The monoisotopic (exact) mass is 400 g/mol. The third-order valence-electron chi connectivity index (χ3n) is 3.83. The highest BCUT2D eigenvalue weighted by Crippen LogP contribution is 2.30. The van der Waals surface area contributed by atoms with Gasteiger partial charge >= 0.3 is 0 Å². The van der Waals surface area contributed by atoms with Crippen LogP contribution in [0, 0.1) is 24.0 Å². The molecule has 0 unspecified atom stereocenters. The molecule has 1 aromatic heterocycles. The summed E-state index contributed by atoms with van der Waals surface area (Å²) < 4.78 is 0.716. The average Bonchev–Trinajstić information content (AvgIpc) is 3.09. The van der Waals surface area contributed by atoms with Gasteiger partial charge in [0, 0.05) is 11.8 Å². The van der Waals surface area contributed by atoms with Crippen molar-refractivity contribution in [2.24, 2.45) is 0 Å². The standard InChI is InChI=1S/C18H16N4O3S2/c1-11-7-8-12(2)13(9-11)10-26-18-21-20-17(27-18)19-16(23)14-5-3-4-6-15(14)22(24)25/h3-9H,10H2,1-2H3,(H,19,20,23). The summed E-state index contributed by atoms with van der Waals surface area (Å²) in [7, 11) is 0. The molecule has 0 saturated carbocycles. The Labute approximate surface area is 164 Å². The molecule has 0 aliphatic carbocycles. The molecule has 1 heterocycles. The van der Waals surface area contributed by atoms with Gasteiger partial charge in [0.05, 0.1) is 4.92 Å². The van der Waals surface area contributed by atoms with Crippen LogP contribution in [0.25, 0.3) is 0 Å². The minimum Gasteiger partial charge on any atom is -0.296 e. The predicted molar refractivity (Wildman–Crippen MR) is 106 cm³/mol. The van der Waals surface area contributed by atoms with E-state index >= 15 is 0 Å². The minimum atomic E-state index is -0.583. The van der Waals surface area contributed by atoms with E-state index in [-0.39, 0.29) is 11.3 Å². The van der Waals surface area contributed by atoms with Gasteiger partial charge in [-0.1, -0.05) is 59.0 Å². The van der Waals surface area contributed by atoms with Gasteiger partial charge in [0.1, 0.15) is 5.56 Å². The fourth-order valence-corrected chi connectivity index (χ4v) is 4.21. The lowest BCUT2D eigenvalue weighted by molar-refractivity contribution is -0.385. The number of nitrogens with zero attached hydrogens (tertiary/aromatic N) is 3. The third kappa shape index (κ3) is 4.69. The Kier molecular flexibility index (Phi) is 5.82. The number of carbonyl (C=O) groups excluding carboxylic acids is 1. The Balaban J connectivity index is 1.67. The van der Waals surface area contributed by atoms with Crippen molar-refractivity contribution >= 4 is 39.8 Å². The quantitative estimate of drug-likeness (QED) is 0.281. The van der Waals surface area contributed by atoms with Crippen LogP contribution >= 0.6 is 23.1 Å². The smallest absolute Gasteiger partial charge is 0.282 e. The first kappa shape index (κ1) is 19.0. The molecule has 138 valence electrons. The van der Waals surface area contributed by atoms with Gasteiger partial charge in [-0.05, 0) is 31.0 Å². The van der Waals surface area contributed by atoms with Gasteiger partial charge in [0.15, 0.2) is 4.34 Å². The summed E-state index contributed by atoms with van der Waals surface area (Å²) >= 11 is 2.77. The summed E-state index contributed by atoms with van der Waals surface area (Å²) in [6, 6.07) is 12.1. The molecule has 1 amide bonds. The Morgan fingerprint density at radius 2 is 2.00 bits per heavy atom. The van der Waals surface area contributed by atoms with Gasteiger partial charge in [-0.2, -0.15) is 0 Å². The van der Waals surface area contributed by atoms with Crippen LogP contribution in [0.5, 0.6) is 0 Å². The molecule has 7 nitrogen and oxygen atoms in total. The number of para-hydroxylation sites is 1. The summed E-state index contributed by atoms with van der Waals surface area (Å²) in [4.78, 5) is 22.8. The fraction of sp³-hybridized carbons (Fsp3) is 0.167. The van der Waals surface area contributed by atoms with Crippen molar-refractivity contribution in [1.82, 2.24) is 10.2 Å². The van der Waals surface area contributed by atoms with Gasteiger partial charge in [0.2, 0.25) is 5.13 Å². The first-order valence-corrected chi connectivity index (χ1v) is 9.81. The van der Waals surface area contributed by atoms with E-state index in [9.17, 15) is 14.9 Å². The van der Waals surface area contributed by atoms with Gasteiger partial charge in [-0.3, -0.25) is 20.2 Å². The van der Waals surface area contributed by atoms with Gasteiger partial charge < -0.3 is 0 Å². The van der Waals surface area contributed by atoms with E-state index in [2.05, 4.69) is 47.6 Å². The van der Waals surface area contributed by atoms with Crippen LogP contribution in [-0.4, -0.2) is 21.0 Å². The number of aryl methyl sites for hydroxylation is 2. The van der Waals surface area contributed by atoms with E-state index in [1.165, 1.54) is 58.0 Å². The Hall–Kier alpha value is -2.78. The number of nitro groups is 1. The first-order valence-electron chi connectivity index (χ1n) is 8.01. The van der Waals surface area contributed by atoms with Crippen molar-refractivity contribution in [2.75, 3.05) is 5.32 Å². The zero-order chi connectivity index (χ0) is 19.4. The summed E-state index contributed by atoms with van der Waals surface area (Å²) in [6.45, 7) is 4.11. The molecule has 0 saturated heterocycles. The van der Waals surface area contributed by atoms with E-state index in [0.717, 1.165) is 5.75 Å². The maximum atomic E-state index is 12.3. The molecule has 27 heavy (non-hydrogen) atoms. The van der Waals surface area contributed by atoms with Crippen LogP contribution in [0.1, 0.15) is 27.0 Å². The van der Waals surface area contributed by atoms with Crippen molar-refractivity contribution in [3.8, 4) is 0 Å². The number of nitrogens with one attached hydrogen (secondary N) is 1. The van der Waals surface area contributed by atoms with Crippen molar-refractivity contribution < 1.29 is 9.72 Å². The molecular weight excluding hydrogens is 384 g/mol. The molecule has 0 atom stereocenters. The largest absolute Gasteiger partial charge is 0.296 e. The summed E-state index contributed by atoms with van der Waals surface area (Å²) in [6.07, 6.45) is 0. The van der Waals surface area contributed by atoms with Crippen molar-refractivity contribution in [1.29, 1.82) is 0 Å². The number of thioether (sulfide) groups is 1. The molecule has 1 N–H and O–H groups in total. The number of nitro benzene ring substituents is 1. The molecule has 2 aromatic carbocycles. The summed E-state index contributed by atoms with van der Waals surface area (Å²) in [5, 5.41) is 22.0. The highest BCUT2D eigenvalue weighted by Gasteiger charge is 2.20. The number of benzene rings is 2. The zero-order valence-electron chi connectivity index (χ0n) is 14.6. The second kappa shape index (κ2) is 8.28. The highest BCUT2D eigenvalue weighted by atomic mass is 32.2. The number of anilines is 1. The first-order chi connectivity index (χ1) is 12.9. The van der Waals surface area contributed by atoms with E-state index in [1.54, 1.807) is 6.07 Å².